The Bertz CT molecular complexity index is 206. The van der Waals surface area contributed by atoms with E-state index in [1.165, 1.54) is 12.8 Å². The minimum absolute atomic E-state index is 0.193. The molecule has 0 bridgehead atoms. The Kier molecular flexibility index (Phi) is 9.14. The smallest absolute Gasteiger partial charge is 0.323 e. The largest absolute Gasteiger partial charge is 0.464 e. The van der Waals surface area contributed by atoms with Crippen molar-refractivity contribution in [2.75, 3.05) is 6.61 Å². The van der Waals surface area contributed by atoms with Crippen molar-refractivity contribution in [2.24, 2.45) is 17.6 Å². The van der Waals surface area contributed by atoms with Gasteiger partial charge in [0.05, 0.1) is 6.61 Å². The fourth-order valence-corrected chi connectivity index (χ4v) is 1.68. The van der Waals surface area contributed by atoms with Crippen LogP contribution in [0, 0.1) is 11.8 Å². The Hall–Kier alpha value is -0.570. The summed E-state index contributed by atoms with van der Waals surface area (Å²) in [5.74, 6) is 0.440. The van der Waals surface area contributed by atoms with Crippen molar-refractivity contribution in [2.45, 2.75) is 65.8 Å². The number of rotatable bonds is 9. The lowest BCUT2D eigenvalue weighted by Crippen LogP contribution is -2.38. The highest BCUT2D eigenvalue weighted by Gasteiger charge is 2.21. The van der Waals surface area contributed by atoms with Crippen LogP contribution in [0.15, 0.2) is 0 Å². The standard InChI is InChI=1S/C14H29NO2/c1-5-8-9-12(7-3)10-17-14(16)13(15)11(4)6-2/h11-13H,5-10,15H2,1-4H3. The van der Waals surface area contributed by atoms with Gasteiger partial charge in [-0.2, -0.15) is 0 Å². The normalized spacial score (nSPS) is 16.3. The summed E-state index contributed by atoms with van der Waals surface area (Å²) in [7, 11) is 0. The van der Waals surface area contributed by atoms with Gasteiger partial charge in [0.15, 0.2) is 0 Å². The van der Waals surface area contributed by atoms with Crippen LogP contribution in [0.2, 0.25) is 0 Å². The summed E-state index contributed by atoms with van der Waals surface area (Å²) in [5.41, 5.74) is 5.82. The predicted molar refractivity (Wildman–Crippen MR) is 71.7 cm³/mol. The topological polar surface area (TPSA) is 52.3 Å². The molecule has 102 valence electrons. The van der Waals surface area contributed by atoms with Crippen molar-refractivity contribution in [1.29, 1.82) is 0 Å². The number of esters is 1. The van der Waals surface area contributed by atoms with Gasteiger partial charge in [-0.25, -0.2) is 0 Å². The molecular formula is C14H29NO2. The van der Waals surface area contributed by atoms with E-state index in [-0.39, 0.29) is 11.9 Å². The highest BCUT2D eigenvalue weighted by atomic mass is 16.5. The lowest BCUT2D eigenvalue weighted by atomic mass is 9.99. The van der Waals surface area contributed by atoms with E-state index in [1.54, 1.807) is 0 Å². The monoisotopic (exact) mass is 243 g/mol. The van der Waals surface area contributed by atoms with E-state index in [9.17, 15) is 4.79 Å². The summed E-state index contributed by atoms with van der Waals surface area (Å²) in [4.78, 5) is 11.7. The molecule has 0 rings (SSSR count). The van der Waals surface area contributed by atoms with Gasteiger partial charge >= 0.3 is 5.97 Å². The van der Waals surface area contributed by atoms with Crippen LogP contribution < -0.4 is 5.73 Å². The van der Waals surface area contributed by atoms with Crippen LogP contribution in [0.5, 0.6) is 0 Å². The average molecular weight is 243 g/mol. The molecule has 0 amide bonds. The third-order valence-electron chi connectivity index (χ3n) is 3.53. The summed E-state index contributed by atoms with van der Waals surface area (Å²) < 4.78 is 5.31. The molecule has 0 aromatic heterocycles. The van der Waals surface area contributed by atoms with E-state index < -0.39 is 6.04 Å². The predicted octanol–water partition coefficient (Wildman–Crippen LogP) is 3.12. The zero-order valence-electron chi connectivity index (χ0n) is 11.9. The highest BCUT2D eigenvalue weighted by Crippen LogP contribution is 2.14. The summed E-state index contributed by atoms with van der Waals surface area (Å²) in [6, 6.07) is -0.469. The van der Waals surface area contributed by atoms with Crippen molar-refractivity contribution < 1.29 is 9.53 Å². The van der Waals surface area contributed by atoms with Crippen LogP contribution in [-0.4, -0.2) is 18.6 Å². The summed E-state index contributed by atoms with van der Waals surface area (Å²) in [6.45, 7) is 8.87. The molecule has 0 spiro atoms. The molecule has 0 aromatic rings. The highest BCUT2D eigenvalue weighted by molar-refractivity contribution is 5.75. The first-order valence-electron chi connectivity index (χ1n) is 6.98. The van der Waals surface area contributed by atoms with Gasteiger partial charge in [0, 0.05) is 0 Å². The maximum absolute atomic E-state index is 11.7. The van der Waals surface area contributed by atoms with Crippen LogP contribution in [-0.2, 0) is 9.53 Å². The molecule has 3 heteroatoms. The van der Waals surface area contributed by atoms with Crippen LogP contribution in [0.3, 0.4) is 0 Å². The van der Waals surface area contributed by atoms with Gasteiger partial charge in [-0.05, 0) is 18.3 Å². The molecule has 3 nitrogen and oxygen atoms in total. The van der Waals surface area contributed by atoms with Gasteiger partial charge in [-0.1, -0.05) is 53.4 Å². The second-order valence-electron chi connectivity index (χ2n) is 4.96. The first kappa shape index (κ1) is 16.4. The second-order valence-corrected chi connectivity index (χ2v) is 4.96. The molecule has 0 saturated carbocycles. The molecule has 3 unspecified atom stereocenters. The lowest BCUT2D eigenvalue weighted by molar-refractivity contribution is -0.148. The number of hydrogen-bond donors (Lipinski definition) is 1. The molecular weight excluding hydrogens is 214 g/mol. The molecule has 0 aliphatic carbocycles. The number of nitrogens with two attached hydrogens (primary N) is 1. The lowest BCUT2D eigenvalue weighted by Gasteiger charge is -2.19. The SMILES string of the molecule is CCCCC(CC)COC(=O)C(N)C(C)CC. The Morgan fingerprint density at radius 2 is 1.88 bits per heavy atom. The van der Waals surface area contributed by atoms with Crippen molar-refractivity contribution in [3.8, 4) is 0 Å². The average Bonchev–Trinajstić information content (AvgIpc) is 2.36. The molecule has 17 heavy (non-hydrogen) atoms. The minimum Gasteiger partial charge on any atom is -0.464 e. The van der Waals surface area contributed by atoms with Crippen molar-refractivity contribution in [3.05, 3.63) is 0 Å². The summed E-state index contributed by atoms with van der Waals surface area (Å²) in [6.07, 6.45) is 5.50. The first-order valence-corrected chi connectivity index (χ1v) is 6.98. The van der Waals surface area contributed by atoms with E-state index in [2.05, 4.69) is 13.8 Å². The molecule has 0 heterocycles. The third kappa shape index (κ3) is 6.67. The quantitative estimate of drug-likeness (QED) is 0.633. The molecule has 0 saturated heterocycles. The van der Waals surface area contributed by atoms with Gasteiger partial charge in [0.25, 0.3) is 0 Å². The number of carbonyl (C=O) groups is 1. The van der Waals surface area contributed by atoms with Gasteiger partial charge < -0.3 is 10.5 Å². The number of ether oxygens (including phenoxy) is 1. The molecule has 0 radical (unpaired) electrons. The maximum atomic E-state index is 11.7. The molecule has 0 aromatic carbocycles. The number of hydrogen-bond acceptors (Lipinski definition) is 3. The van der Waals surface area contributed by atoms with Crippen molar-refractivity contribution in [1.82, 2.24) is 0 Å². The van der Waals surface area contributed by atoms with E-state index in [0.29, 0.717) is 12.5 Å². The molecule has 0 aliphatic heterocycles. The van der Waals surface area contributed by atoms with Gasteiger partial charge in [-0.15, -0.1) is 0 Å². The van der Waals surface area contributed by atoms with Crippen LogP contribution in [0.25, 0.3) is 0 Å². The molecule has 0 fully saturated rings. The van der Waals surface area contributed by atoms with E-state index in [1.807, 2.05) is 13.8 Å². The number of unbranched alkanes of at least 4 members (excludes halogenated alkanes) is 1. The second kappa shape index (κ2) is 9.46. The van der Waals surface area contributed by atoms with Crippen molar-refractivity contribution >= 4 is 5.97 Å². The minimum atomic E-state index is -0.469. The Labute approximate surface area is 106 Å². The van der Waals surface area contributed by atoms with E-state index in [4.69, 9.17) is 10.5 Å². The third-order valence-corrected chi connectivity index (χ3v) is 3.53. The maximum Gasteiger partial charge on any atom is 0.323 e. The Morgan fingerprint density at radius 3 is 2.35 bits per heavy atom. The molecule has 3 atom stereocenters. The van der Waals surface area contributed by atoms with Gasteiger partial charge in [-0.3, -0.25) is 4.79 Å². The fraction of sp³-hybridized carbons (Fsp3) is 0.929. The summed E-state index contributed by atoms with van der Waals surface area (Å²) in [5, 5.41) is 0. The zero-order chi connectivity index (χ0) is 13.3. The van der Waals surface area contributed by atoms with Gasteiger partial charge in [0.2, 0.25) is 0 Å². The van der Waals surface area contributed by atoms with Crippen molar-refractivity contribution in [3.63, 3.8) is 0 Å². The van der Waals surface area contributed by atoms with E-state index >= 15 is 0 Å². The molecule has 2 N–H and O–H groups in total. The fourth-order valence-electron chi connectivity index (χ4n) is 1.68. The summed E-state index contributed by atoms with van der Waals surface area (Å²) >= 11 is 0. The van der Waals surface area contributed by atoms with E-state index in [0.717, 1.165) is 19.3 Å². The van der Waals surface area contributed by atoms with Crippen LogP contribution in [0.1, 0.15) is 59.8 Å². The number of carbonyl (C=O) groups excluding carboxylic acids is 1. The Balaban J connectivity index is 3.95. The van der Waals surface area contributed by atoms with Crippen LogP contribution in [0.4, 0.5) is 0 Å². The van der Waals surface area contributed by atoms with Crippen LogP contribution >= 0.6 is 0 Å². The molecule has 0 aliphatic rings. The van der Waals surface area contributed by atoms with Gasteiger partial charge in [0.1, 0.15) is 6.04 Å². The Morgan fingerprint density at radius 1 is 1.24 bits per heavy atom. The zero-order valence-corrected chi connectivity index (χ0v) is 11.9. The first-order chi connectivity index (χ1) is 8.06.